The summed E-state index contributed by atoms with van der Waals surface area (Å²) in [6, 6.07) is 10.2. The van der Waals surface area contributed by atoms with Gasteiger partial charge < -0.3 is 28.4 Å². The van der Waals surface area contributed by atoms with Gasteiger partial charge in [0.05, 0.1) is 49.5 Å². The summed E-state index contributed by atoms with van der Waals surface area (Å²) in [6.45, 7) is 9.26. The van der Waals surface area contributed by atoms with Crippen LogP contribution in [0, 0.1) is 32.1 Å². The van der Waals surface area contributed by atoms with Crippen molar-refractivity contribution in [1.29, 1.82) is 0 Å². The van der Waals surface area contributed by atoms with Gasteiger partial charge in [-0.05, 0) is 70.9 Å². The van der Waals surface area contributed by atoms with Gasteiger partial charge in [-0.25, -0.2) is 9.59 Å². The summed E-state index contributed by atoms with van der Waals surface area (Å²) in [4.78, 5) is 95.0. The minimum absolute atomic E-state index is 0.0782. The highest BCUT2D eigenvalue weighted by Crippen LogP contribution is 2.37. The lowest BCUT2D eigenvalue weighted by molar-refractivity contribution is -0.385. The van der Waals surface area contributed by atoms with E-state index in [1.54, 1.807) is 13.8 Å². The molecule has 0 amide bonds. The quantitative estimate of drug-likeness (QED) is 0.0393. The second-order valence-electron chi connectivity index (χ2n) is 10.2. The molecule has 0 saturated carbocycles. The Kier molecular flexibility index (Phi) is 19.7. The van der Waals surface area contributed by atoms with E-state index in [-0.39, 0.29) is 62.2 Å². The maximum atomic E-state index is 12.8. The molecule has 0 atom stereocenters. The van der Waals surface area contributed by atoms with Crippen molar-refractivity contribution in [3.63, 3.8) is 0 Å². The zero-order valence-corrected chi connectivity index (χ0v) is 30.1. The van der Waals surface area contributed by atoms with Gasteiger partial charge in [-0.2, -0.15) is 0 Å². The van der Waals surface area contributed by atoms with E-state index in [0.717, 1.165) is 12.1 Å². The summed E-state index contributed by atoms with van der Waals surface area (Å²) >= 11 is 0. The number of carbonyl (C=O) groups excluding carboxylic acids is 6. The molecule has 0 unspecified atom stereocenters. The molecule has 0 N–H and O–H groups in total. The highest BCUT2D eigenvalue weighted by molar-refractivity contribution is 6.17. The number of rotatable bonds is 18. The maximum Gasteiger partial charge on any atom is 0.345 e. The van der Waals surface area contributed by atoms with Crippen LogP contribution in [0.25, 0.3) is 6.08 Å². The summed E-state index contributed by atoms with van der Waals surface area (Å²) in [6.07, 6.45) is 1.28. The van der Waals surface area contributed by atoms with Gasteiger partial charge in [0.25, 0.3) is 11.4 Å². The van der Waals surface area contributed by atoms with Crippen LogP contribution in [0.4, 0.5) is 11.4 Å². The number of hydrogen-bond donors (Lipinski definition) is 0. The highest BCUT2D eigenvalue weighted by Gasteiger charge is 2.49. The zero-order valence-electron chi connectivity index (χ0n) is 30.1. The van der Waals surface area contributed by atoms with Crippen molar-refractivity contribution in [2.45, 2.75) is 47.5 Å². The number of benzene rings is 2. The average Bonchev–Trinajstić information content (AvgIpc) is 3.11. The molecule has 0 saturated heterocycles. The first-order chi connectivity index (χ1) is 25.2. The molecule has 18 nitrogen and oxygen atoms in total. The molecule has 0 fully saturated rings. The first-order valence-electron chi connectivity index (χ1n) is 16.4. The third-order valence-corrected chi connectivity index (χ3v) is 6.77. The lowest BCUT2D eigenvalue weighted by Crippen LogP contribution is -2.43. The Labute approximate surface area is 304 Å². The van der Waals surface area contributed by atoms with E-state index in [2.05, 4.69) is 0 Å². The van der Waals surface area contributed by atoms with Gasteiger partial charge in [-0.1, -0.05) is 12.1 Å². The van der Waals surface area contributed by atoms with Crippen LogP contribution < -0.4 is 0 Å². The molecule has 0 spiro atoms. The Morgan fingerprint density at radius 3 is 1.11 bits per heavy atom. The molecular formula is C35H42N2O16. The molecule has 0 heterocycles. The number of nitro benzene ring substituents is 2. The van der Waals surface area contributed by atoms with Crippen LogP contribution in [0.1, 0.15) is 58.6 Å². The first-order valence-corrected chi connectivity index (χ1v) is 16.4. The lowest BCUT2D eigenvalue weighted by Gasteiger charge is -2.29. The van der Waals surface area contributed by atoms with Crippen LogP contribution >= 0.6 is 0 Å². The average molecular weight is 747 g/mol. The molecule has 0 aliphatic rings. The molecule has 0 aliphatic heterocycles. The van der Waals surface area contributed by atoms with Gasteiger partial charge in [-0.3, -0.25) is 39.4 Å². The Balaban J connectivity index is 0.000000578. The van der Waals surface area contributed by atoms with E-state index >= 15 is 0 Å². The maximum absolute atomic E-state index is 12.8. The highest BCUT2D eigenvalue weighted by atomic mass is 16.6. The van der Waals surface area contributed by atoms with Crippen LogP contribution in [0.2, 0.25) is 0 Å². The summed E-state index contributed by atoms with van der Waals surface area (Å²) in [5.74, 6) is -10.6. The monoisotopic (exact) mass is 746 g/mol. The van der Waals surface area contributed by atoms with Crippen molar-refractivity contribution in [2.24, 2.45) is 11.8 Å². The Hall–Kier alpha value is -6.20. The molecule has 0 aromatic heterocycles. The van der Waals surface area contributed by atoms with E-state index in [1.807, 2.05) is 0 Å². The second-order valence-corrected chi connectivity index (χ2v) is 10.2. The van der Waals surface area contributed by atoms with Gasteiger partial charge in [-0.15, -0.1) is 0 Å². The van der Waals surface area contributed by atoms with E-state index in [1.165, 1.54) is 70.2 Å². The summed E-state index contributed by atoms with van der Waals surface area (Å²) < 4.78 is 29.6. The van der Waals surface area contributed by atoms with Crippen LogP contribution in [0.15, 0.2) is 54.1 Å². The standard InChI is InChI=1S/C21H27NO10.C14H15NO6/c1-5-29-18(23)16(19(24)30-6-2)15(13-9-11-14(12-10-13)22(27)28)17(20(25)31-7-3)21(26)32-8-4;1-3-20-13(16)12(14(17)21-4-2)9-10-5-7-11(8-6-10)15(18)19/h9-12,15-17H,5-8H2,1-4H3;5-9H,3-4H2,1-2H3. The summed E-state index contributed by atoms with van der Waals surface area (Å²) in [5.41, 5.74) is -0.0295. The van der Waals surface area contributed by atoms with Gasteiger partial charge in [0.1, 0.15) is 5.57 Å². The number of esters is 6. The van der Waals surface area contributed by atoms with Crippen molar-refractivity contribution >= 4 is 53.3 Å². The predicted molar refractivity (Wildman–Crippen MR) is 184 cm³/mol. The van der Waals surface area contributed by atoms with E-state index in [9.17, 15) is 49.0 Å². The Bertz CT molecular complexity index is 1520. The molecule has 2 aromatic carbocycles. The van der Waals surface area contributed by atoms with Crippen LogP contribution in [0.5, 0.6) is 0 Å². The summed E-state index contributed by atoms with van der Waals surface area (Å²) in [7, 11) is 0. The minimum Gasteiger partial charge on any atom is -0.465 e. The van der Waals surface area contributed by atoms with Gasteiger partial charge >= 0.3 is 35.8 Å². The number of hydrogen-bond acceptors (Lipinski definition) is 16. The first kappa shape index (κ1) is 44.8. The fourth-order valence-corrected chi connectivity index (χ4v) is 4.58. The number of ether oxygens (including phenoxy) is 6. The number of non-ortho nitro benzene ring substituents is 2. The normalized spacial score (nSPS) is 10.3. The largest absolute Gasteiger partial charge is 0.465 e. The Morgan fingerprint density at radius 2 is 0.830 bits per heavy atom. The van der Waals surface area contributed by atoms with Crippen molar-refractivity contribution in [1.82, 2.24) is 0 Å². The van der Waals surface area contributed by atoms with Crippen LogP contribution in [-0.4, -0.2) is 85.3 Å². The molecule has 0 bridgehead atoms. The third-order valence-electron chi connectivity index (χ3n) is 6.77. The van der Waals surface area contributed by atoms with Gasteiger partial charge in [0, 0.05) is 30.2 Å². The van der Waals surface area contributed by atoms with Gasteiger partial charge in [0.2, 0.25) is 0 Å². The molecule has 288 valence electrons. The van der Waals surface area contributed by atoms with E-state index in [4.69, 9.17) is 28.4 Å². The van der Waals surface area contributed by atoms with E-state index in [0.29, 0.717) is 5.56 Å². The number of carbonyl (C=O) groups is 6. The fourth-order valence-electron chi connectivity index (χ4n) is 4.58. The van der Waals surface area contributed by atoms with E-state index < -0.39 is 63.4 Å². The molecule has 53 heavy (non-hydrogen) atoms. The third kappa shape index (κ3) is 13.8. The Morgan fingerprint density at radius 1 is 0.528 bits per heavy atom. The van der Waals surface area contributed by atoms with Crippen LogP contribution in [0.3, 0.4) is 0 Å². The zero-order chi connectivity index (χ0) is 40.1. The van der Waals surface area contributed by atoms with Crippen molar-refractivity contribution < 1.29 is 67.0 Å². The van der Waals surface area contributed by atoms with Gasteiger partial charge in [0.15, 0.2) is 11.8 Å². The van der Waals surface area contributed by atoms with Crippen molar-refractivity contribution in [3.8, 4) is 0 Å². The molecule has 18 heteroatoms. The smallest absolute Gasteiger partial charge is 0.345 e. The van der Waals surface area contributed by atoms with Crippen molar-refractivity contribution in [2.75, 3.05) is 39.6 Å². The molecule has 2 aromatic rings. The summed E-state index contributed by atoms with van der Waals surface area (Å²) in [5, 5.41) is 21.6. The topological polar surface area (TPSA) is 244 Å². The molecule has 0 radical (unpaired) electrons. The predicted octanol–water partition coefficient (Wildman–Crippen LogP) is 4.27. The fraction of sp³-hybridized carbons (Fsp3) is 0.429. The van der Waals surface area contributed by atoms with Crippen molar-refractivity contribution in [3.05, 3.63) is 85.5 Å². The number of nitrogens with zero attached hydrogens (tertiary/aromatic N) is 2. The molecular weight excluding hydrogens is 704 g/mol. The molecule has 0 aliphatic carbocycles. The second kappa shape index (κ2) is 23.3. The lowest BCUT2D eigenvalue weighted by atomic mass is 9.76. The number of nitro groups is 2. The minimum atomic E-state index is -1.73. The molecule has 2 rings (SSSR count). The SMILES string of the molecule is CCOC(=O)C(=Cc1ccc([N+](=O)[O-])cc1)C(=O)OCC.CCOC(=O)C(C(=O)OCC)C(c1ccc([N+](=O)[O-])cc1)C(C(=O)OCC)C(=O)OCC. The van der Waals surface area contributed by atoms with Crippen LogP contribution in [-0.2, 0) is 57.2 Å².